The van der Waals surface area contributed by atoms with Crippen molar-refractivity contribution >= 4 is 0 Å². The molecule has 0 aromatic heterocycles. The van der Waals surface area contributed by atoms with Crippen LogP contribution in [0.15, 0.2) is 0 Å². The Hall–Kier alpha value is -0.120. The van der Waals surface area contributed by atoms with Crippen LogP contribution in [0.25, 0.3) is 0 Å². The Morgan fingerprint density at radius 2 is 1.11 bits per heavy atom. The molecule has 2 atom stereocenters. The van der Waals surface area contributed by atoms with E-state index in [4.69, 9.17) is 14.8 Å². The molecular weight excluding hydrogens is 240 g/mol. The molecule has 0 spiro atoms. The van der Waals surface area contributed by atoms with Crippen LogP contribution >= 0.6 is 0 Å². The van der Waals surface area contributed by atoms with Crippen LogP contribution < -0.4 is 0 Å². The Bertz CT molecular complexity index is 155. The van der Waals surface area contributed by atoms with Gasteiger partial charge in [0.05, 0.1) is 13.2 Å². The zero-order valence-electron chi connectivity index (χ0n) is 13.5. The minimum Gasteiger partial charge on any atom is -0.206 e. The van der Waals surface area contributed by atoms with Crippen molar-refractivity contribution in [2.24, 2.45) is 11.8 Å². The van der Waals surface area contributed by atoms with Crippen LogP contribution in [0.2, 0.25) is 0 Å². The summed E-state index contributed by atoms with van der Waals surface area (Å²) in [5.74, 6) is 1.18. The number of rotatable bonds is 14. The summed E-state index contributed by atoms with van der Waals surface area (Å²) >= 11 is 0. The maximum atomic E-state index is 5.16. The predicted octanol–water partition coefficient (Wildman–Crippen LogP) is 5.30. The first-order chi connectivity index (χ1) is 9.28. The van der Waals surface area contributed by atoms with Gasteiger partial charge in [-0.2, -0.15) is 0 Å². The van der Waals surface area contributed by atoms with Crippen LogP contribution in [0, 0.1) is 11.8 Å². The Morgan fingerprint density at radius 3 is 1.42 bits per heavy atom. The smallest absolute Gasteiger partial charge is 0.0881 e. The molecule has 0 saturated carbocycles. The van der Waals surface area contributed by atoms with Crippen LogP contribution in [0.1, 0.15) is 79.1 Å². The fourth-order valence-electron chi connectivity index (χ4n) is 2.08. The molecule has 0 saturated heterocycles. The highest BCUT2D eigenvalue weighted by Gasteiger charge is 2.09. The van der Waals surface area contributed by atoms with Crippen molar-refractivity contribution in [1.82, 2.24) is 0 Å². The van der Waals surface area contributed by atoms with Gasteiger partial charge in [-0.05, 0) is 24.7 Å². The lowest BCUT2D eigenvalue weighted by Gasteiger charge is -2.15. The van der Waals surface area contributed by atoms with Gasteiger partial charge in [-0.1, -0.05) is 71.3 Å². The van der Waals surface area contributed by atoms with Crippen molar-refractivity contribution in [3.63, 3.8) is 0 Å². The molecule has 0 aliphatic rings. The molecule has 0 aromatic rings. The molecule has 3 heteroatoms. The standard InChI is InChI=1S/C16H34O3/c1-5-9-11-15(7-3)13-17-19-18-14-16(8-4)12-10-6-2/h15-16H,5-14H2,1-4H3. The van der Waals surface area contributed by atoms with Crippen LogP contribution in [-0.2, 0) is 14.8 Å². The molecule has 0 N–H and O–H groups in total. The second kappa shape index (κ2) is 14.3. The van der Waals surface area contributed by atoms with Gasteiger partial charge in [-0.3, -0.25) is 0 Å². The van der Waals surface area contributed by atoms with E-state index in [0.29, 0.717) is 25.0 Å². The monoisotopic (exact) mass is 274 g/mol. The normalized spacial score (nSPS) is 14.5. The van der Waals surface area contributed by atoms with Gasteiger partial charge in [0.25, 0.3) is 0 Å². The molecule has 0 radical (unpaired) electrons. The van der Waals surface area contributed by atoms with Gasteiger partial charge in [0, 0.05) is 0 Å². The second-order valence-electron chi connectivity index (χ2n) is 5.47. The van der Waals surface area contributed by atoms with Crippen LogP contribution in [0.5, 0.6) is 0 Å². The molecule has 0 fully saturated rings. The maximum Gasteiger partial charge on any atom is 0.0881 e. The van der Waals surface area contributed by atoms with Crippen molar-refractivity contribution in [1.29, 1.82) is 0 Å². The van der Waals surface area contributed by atoms with E-state index in [1.807, 2.05) is 0 Å². The summed E-state index contributed by atoms with van der Waals surface area (Å²) in [4.78, 5) is 10.3. The largest absolute Gasteiger partial charge is 0.206 e. The zero-order valence-corrected chi connectivity index (χ0v) is 13.5. The van der Waals surface area contributed by atoms with Gasteiger partial charge in [-0.25, -0.2) is 9.78 Å². The fourth-order valence-corrected chi connectivity index (χ4v) is 2.08. The summed E-state index contributed by atoms with van der Waals surface area (Å²) in [5, 5.41) is 4.86. The molecule has 3 nitrogen and oxygen atoms in total. The van der Waals surface area contributed by atoms with Gasteiger partial charge < -0.3 is 0 Å². The van der Waals surface area contributed by atoms with E-state index in [0.717, 1.165) is 12.8 Å². The summed E-state index contributed by atoms with van der Waals surface area (Å²) in [5.41, 5.74) is 0. The molecule has 0 aliphatic carbocycles. The maximum absolute atomic E-state index is 5.16. The highest BCUT2D eigenvalue weighted by atomic mass is 17.5. The molecule has 116 valence electrons. The SMILES string of the molecule is CCCCC(CC)COOOCC(CC)CCCC. The molecular formula is C16H34O3. The number of hydrogen-bond acceptors (Lipinski definition) is 3. The van der Waals surface area contributed by atoms with E-state index in [1.165, 1.54) is 38.5 Å². The minimum absolute atomic E-state index is 0.589. The lowest BCUT2D eigenvalue weighted by Crippen LogP contribution is -2.13. The van der Waals surface area contributed by atoms with E-state index in [-0.39, 0.29) is 0 Å². The predicted molar refractivity (Wildman–Crippen MR) is 79.6 cm³/mol. The molecule has 0 rings (SSSR count). The highest BCUT2D eigenvalue weighted by molar-refractivity contribution is 4.55. The van der Waals surface area contributed by atoms with Crippen LogP contribution in [0.4, 0.5) is 0 Å². The third-order valence-corrected chi connectivity index (χ3v) is 3.79. The van der Waals surface area contributed by atoms with E-state index >= 15 is 0 Å². The Balaban J connectivity index is 3.50. The van der Waals surface area contributed by atoms with Crippen molar-refractivity contribution in [2.75, 3.05) is 13.2 Å². The quantitative estimate of drug-likeness (QED) is 0.244. The first-order valence-electron chi connectivity index (χ1n) is 8.19. The topological polar surface area (TPSA) is 27.7 Å². The molecule has 0 bridgehead atoms. The Morgan fingerprint density at radius 1 is 0.684 bits per heavy atom. The van der Waals surface area contributed by atoms with Gasteiger partial charge in [0.2, 0.25) is 0 Å². The Kier molecular flexibility index (Phi) is 14.2. The summed E-state index contributed by atoms with van der Waals surface area (Å²) < 4.78 is 0. The third kappa shape index (κ3) is 11.4. The zero-order chi connectivity index (χ0) is 14.3. The second-order valence-corrected chi connectivity index (χ2v) is 5.47. The van der Waals surface area contributed by atoms with Crippen molar-refractivity contribution in [2.45, 2.75) is 79.1 Å². The fraction of sp³-hybridized carbons (Fsp3) is 1.00. The van der Waals surface area contributed by atoms with Gasteiger partial charge >= 0.3 is 0 Å². The lowest BCUT2D eigenvalue weighted by atomic mass is 10.0. The van der Waals surface area contributed by atoms with E-state index in [2.05, 4.69) is 27.7 Å². The van der Waals surface area contributed by atoms with Crippen LogP contribution in [0.3, 0.4) is 0 Å². The molecule has 0 aliphatic heterocycles. The molecule has 0 heterocycles. The van der Waals surface area contributed by atoms with Crippen molar-refractivity contribution in [3.8, 4) is 0 Å². The van der Waals surface area contributed by atoms with Crippen molar-refractivity contribution < 1.29 is 14.8 Å². The summed E-state index contributed by atoms with van der Waals surface area (Å²) in [6.07, 6.45) is 9.70. The molecule has 0 amide bonds. The average Bonchev–Trinajstić information content (AvgIpc) is 2.45. The first-order valence-corrected chi connectivity index (χ1v) is 8.19. The molecule has 19 heavy (non-hydrogen) atoms. The van der Waals surface area contributed by atoms with Gasteiger partial charge in [-0.15, -0.1) is 0 Å². The van der Waals surface area contributed by atoms with Gasteiger partial charge in [0.15, 0.2) is 0 Å². The first kappa shape index (κ1) is 18.9. The average molecular weight is 274 g/mol. The minimum atomic E-state index is 0.589. The molecule has 0 aromatic carbocycles. The highest BCUT2D eigenvalue weighted by Crippen LogP contribution is 2.14. The third-order valence-electron chi connectivity index (χ3n) is 3.79. The van der Waals surface area contributed by atoms with Gasteiger partial charge in [0.1, 0.15) is 0 Å². The van der Waals surface area contributed by atoms with E-state index < -0.39 is 0 Å². The van der Waals surface area contributed by atoms with E-state index in [1.54, 1.807) is 0 Å². The van der Waals surface area contributed by atoms with Crippen LogP contribution in [-0.4, -0.2) is 13.2 Å². The van der Waals surface area contributed by atoms with E-state index in [9.17, 15) is 0 Å². The summed E-state index contributed by atoms with van der Waals surface area (Å²) in [7, 11) is 0. The Labute approximate surface area is 119 Å². The van der Waals surface area contributed by atoms with Crippen molar-refractivity contribution in [3.05, 3.63) is 0 Å². The summed E-state index contributed by atoms with van der Waals surface area (Å²) in [6.45, 7) is 10.1. The summed E-state index contributed by atoms with van der Waals surface area (Å²) in [6, 6.07) is 0. The lowest BCUT2D eigenvalue weighted by molar-refractivity contribution is -0.517. The number of unbranched alkanes of at least 4 members (excludes halogenated alkanes) is 2. The molecule has 2 unspecified atom stereocenters. The number of hydrogen-bond donors (Lipinski definition) is 0.